The van der Waals surface area contributed by atoms with E-state index in [9.17, 15) is 4.79 Å². The van der Waals surface area contributed by atoms with Crippen LogP contribution in [0.3, 0.4) is 0 Å². The molecule has 1 atom stereocenters. The molecule has 2 aromatic rings. The summed E-state index contributed by atoms with van der Waals surface area (Å²) < 4.78 is 5.57. The molecule has 0 N–H and O–H groups in total. The predicted molar refractivity (Wildman–Crippen MR) is 106 cm³/mol. The van der Waals surface area contributed by atoms with Gasteiger partial charge < -0.3 is 4.74 Å². The highest BCUT2D eigenvalue weighted by atomic mass is 79.9. The van der Waals surface area contributed by atoms with Gasteiger partial charge in [0.2, 0.25) is 0 Å². The van der Waals surface area contributed by atoms with Gasteiger partial charge >= 0.3 is 6.09 Å². The van der Waals surface area contributed by atoms with Crippen molar-refractivity contribution in [3.8, 4) is 0 Å². The lowest BCUT2D eigenvalue weighted by Gasteiger charge is -2.30. The summed E-state index contributed by atoms with van der Waals surface area (Å²) in [6, 6.07) is 19.8. The zero-order valence-electron chi connectivity index (χ0n) is 14.5. The number of hydrogen-bond acceptors (Lipinski definition) is 2. The number of rotatable bonds is 8. The minimum Gasteiger partial charge on any atom is -0.445 e. The molecule has 3 nitrogen and oxygen atoms in total. The van der Waals surface area contributed by atoms with Crippen LogP contribution in [0.4, 0.5) is 4.79 Å². The van der Waals surface area contributed by atoms with E-state index in [1.807, 2.05) is 60.7 Å². The number of ether oxygens (including phenoxy) is 1. The largest absolute Gasteiger partial charge is 0.445 e. The molecule has 132 valence electrons. The van der Waals surface area contributed by atoms with Crippen LogP contribution in [0.5, 0.6) is 0 Å². The van der Waals surface area contributed by atoms with Gasteiger partial charge in [0.15, 0.2) is 0 Å². The van der Waals surface area contributed by atoms with Gasteiger partial charge in [-0.15, -0.1) is 0 Å². The quantitative estimate of drug-likeness (QED) is 0.417. The first kappa shape index (κ1) is 19.3. The van der Waals surface area contributed by atoms with Crippen LogP contribution >= 0.6 is 15.9 Å². The van der Waals surface area contributed by atoms with Crippen LogP contribution in [0, 0.1) is 0 Å². The number of carbonyl (C=O) groups is 1. The molecule has 0 spiro atoms. The smallest absolute Gasteiger partial charge is 0.410 e. The van der Waals surface area contributed by atoms with Crippen molar-refractivity contribution in [3.05, 3.63) is 83.9 Å². The highest BCUT2D eigenvalue weighted by Crippen LogP contribution is 2.25. The monoisotopic (exact) mass is 401 g/mol. The standard InChI is InChI=1S/C21H24BrNO2/c1-2-20(19-13-7-4-8-14-19)23(16-10-9-15-22)21(24)25-17-18-11-5-3-6-12-18/h3-14,20H,2,15-17H2,1H3/b10-9+/t20-/m0/s1. The van der Waals surface area contributed by atoms with Crippen LogP contribution in [0.15, 0.2) is 72.8 Å². The van der Waals surface area contributed by atoms with Gasteiger partial charge in [-0.25, -0.2) is 4.79 Å². The molecule has 0 unspecified atom stereocenters. The third kappa shape index (κ3) is 6.05. The Hall–Kier alpha value is -2.07. The number of hydrogen-bond donors (Lipinski definition) is 0. The van der Waals surface area contributed by atoms with E-state index in [1.165, 1.54) is 0 Å². The number of benzene rings is 2. The van der Waals surface area contributed by atoms with Gasteiger partial charge in [0, 0.05) is 11.9 Å². The van der Waals surface area contributed by atoms with E-state index < -0.39 is 0 Å². The molecule has 0 heterocycles. The molecular formula is C21H24BrNO2. The zero-order valence-corrected chi connectivity index (χ0v) is 16.1. The third-order valence-electron chi connectivity index (χ3n) is 3.94. The number of alkyl halides is 1. The van der Waals surface area contributed by atoms with Crippen molar-refractivity contribution < 1.29 is 9.53 Å². The summed E-state index contributed by atoms with van der Waals surface area (Å²) in [4.78, 5) is 14.5. The fraction of sp³-hybridized carbons (Fsp3) is 0.286. The normalized spacial score (nSPS) is 12.1. The minimum absolute atomic E-state index is 0.00977. The summed E-state index contributed by atoms with van der Waals surface area (Å²) in [6.07, 6.45) is 4.52. The van der Waals surface area contributed by atoms with Gasteiger partial charge in [0.1, 0.15) is 6.61 Å². The average Bonchev–Trinajstić information content (AvgIpc) is 2.67. The average molecular weight is 402 g/mol. The Kier molecular flexibility index (Phi) is 8.26. The van der Waals surface area contributed by atoms with Gasteiger partial charge in [0.25, 0.3) is 0 Å². The van der Waals surface area contributed by atoms with E-state index in [1.54, 1.807) is 4.90 Å². The fourth-order valence-electron chi connectivity index (χ4n) is 2.69. The minimum atomic E-state index is -0.293. The maximum Gasteiger partial charge on any atom is 0.410 e. The fourth-order valence-corrected chi connectivity index (χ4v) is 2.96. The van der Waals surface area contributed by atoms with Crippen LogP contribution in [-0.4, -0.2) is 22.9 Å². The lowest BCUT2D eigenvalue weighted by Crippen LogP contribution is -2.35. The third-order valence-corrected chi connectivity index (χ3v) is 4.32. The van der Waals surface area contributed by atoms with E-state index in [0.717, 1.165) is 22.9 Å². The van der Waals surface area contributed by atoms with Crippen LogP contribution in [0.1, 0.15) is 30.5 Å². The maximum atomic E-state index is 12.7. The molecule has 2 rings (SSSR count). The molecule has 0 fully saturated rings. The van der Waals surface area contributed by atoms with E-state index in [0.29, 0.717) is 6.54 Å². The van der Waals surface area contributed by atoms with Gasteiger partial charge in [-0.1, -0.05) is 95.7 Å². The summed E-state index contributed by atoms with van der Waals surface area (Å²) in [5.74, 6) is 0. The van der Waals surface area contributed by atoms with Gasteiger partial charge in [-0.2, -0.15) is 0 Å². The lowest BCUT2D eigenvalue weighted by molar-refractivity contribution is 0.0840. The number of amides is 1. The second-order valence-electron chi connectivity index (χ2n) is 5.65. The SMILES string of the molecule is CC[C@@H](c1ccccc1)N(C/C=C/CBr)C(=O)OCc1ccccc1. The first-order valence-electron chi connectivity index (χ1n) is 8.49. The van der Waals surface area contributed by atoms with Crippen molar-refractivity contribution in [2.24, 2.45) is 0 Å². The lowest BCUT2D eigenvalue weighted by atomic mass is 10.0. The molecule has 0 bridgehead atoms. The molecular weight excluding hydrogens is 378 g/mol. The summed E-state index contributed by atoms with van der Waals surface area (Å²) in [6.45, 7) is 2.89. The molecule has 4 heteroatoms. The van der Waals surface area contributed by atoms with Crippen LogP contribution in [-0.2, 0) is 11.3 Å². The Balaban J connectivity index is 2.12. The van der Waals surface area contributed by atoms with Crippen molar-refractivity contribution in [3.63, 3.8) is 0 Å². The topological polar surface area (TPSA) is 29.5 Å². The van der Waals surface area contributed by atoms with Gasteiger partial charge in [-0.05, 0) is 17.5 Å². The van der Waals surface area contributed by atoms with Gasteiger partial charge in [0.05, 0.1) is 6.04 Å². The molecule has 25 heavy (non-hydrogen) atoms. The second-order valence-corrected chi connectivity index (χ2v) is 6.30. The summed E-state index contributed by atoms with van der Waals surface area (Å²) in [5.41, 5.74) is 2.11. The van der Waals surface area contributed by atoms with Crippen molar-refractivity contribution >= 4 is 22.0 Å². The highest BCUT2D eigenvalue weighted by Gasteiger charge is 2.24. The Bertz CT molecular complexity index is 658. The zero-order chi connectivity index (χ0) is 17.9. The Morgan fingerprint density at radius 1 is 1.08 bits per heavy atom. The van der Waals surface area contributed by atoms with E-state index >= 15 is 0 Å². The molecule has 0 aromatic heterocycles. The summed E-state index contributed by atoms with van der Waals surface area (Å²) in [7, 11) is 0. The molecule has 2 aromatic carbocycles. The number of allylic oxidation sites excluding steroid dienone is 1. The first-order valence-corrected chi connectivity index (χ1v) is 9.61. The molecule has 0 saturated heterocycles. The molecule has 1 amide bonds. The molecule has 0 aliphatic heterocycles. The number of halogens is 1. The van der Waals surface area contributed by atoms with Crippen LogP contribution in [0.2, 0.25) is 0 Å². The summed E-state index contributed by atoms with van der Waals surface area (Å²) in [5, 5.41) is 0.766. The van der Waals surface area contributed by atoms with Crippen molar-refractivity contribution in [1.29, 1.82) is 0 Å². The number of nitrogens with zero attached hydrogens (tertiary/aromatic N) is 1. The van der Waals surface area contributed by atoms with Crippen molar-refractivity contribution in [1.82, 2.24) is 4.90 Å². The Labute approximate surface area is 158 Å². The predicted octanol–water partition coefficient (Wildman–Crippen LogP) is 5.73. The molecule has 0 saturated carbocycles. The highest BCUT2D eigenvalue weighted by molar-refractivity contribution is 9.09. The molecule has 0 aliphatic carbocycles. The summed E-state index contributed by atoms with van der Waals surface area (Å²) >= 11 is 3.38. The van der Waals surface area contributed by atoms with Gasteiger partial charge in [-0.3, -0.25) is 4.90 Å². The molecule has 0 aliphatic rings. The Morgan fingerprint density at radius 3 is 2.32 bits per heavy atom. The van der Waals surface area contributed by atoms with E-state index in [4.69, 9.17) is 4.74 Å². The second kappa shape index (κ2) is 10.7. The van der Waals surface area contributed by atoms with E-state index in [2.05, 4.69) is 35.0 Å². The Morgan fingerprint density at radius 2 is 1.72 bits per heavy atom. The van der Waals surface area contributed by atoms with Crippen LogP contribution in [0.25, 0.3) is 0 Å². The number of carbonyl (C=O) groups excluding carboxylic acids is 1. The first-order chi connectivity index (χ1) is 12.3. The van der Waals surface area contributed by atoms with Crippen LogP contribution < -0.4 is 0 Å². The van der Waals surface area contributed by atoms with Crippen molar-refractivity contribution in [2.45, 2.75) is 26.0 Å². The molecule has 0 radical (unpaired) electrons. The van der Waals surface area contributed by atoms with Crippen molar-refractivity contribution in [2.75, 3.05) is 11.9 Å². The van der Waals surface area contributed by atoms with E-state index in [-0.39, 0.29) is 18.7 Å². The maximum absolute atomic E-state index is 12.7.